The van der Waals surface area contributed by atoms with E-state index in [4.69, 9.17) is 25.8 Å². The molecule has 10 heteroatoms. The summed E-state index contributed by atoms with van der Waals surface area (Å²) in [5.41, 5.74) is -0.818. The largest absolute Gasteiger partial charge is 0.497 e. The van der Waals surface area contributed by atoms with Gasteiger partial charge in [0.25, 0.3) is 5.91 Å². The van der Waals surface area contributed by atoms with Crippen molar-refractivity contribution < 1.29 is 37.0 Å². The van der Waals surface area contributed by atoms with Gasteiger partial charge in [0, 0.05) is 17.5 Å². The lowest BCUT2D eigenvalue weighted by Gasteiger charge is -2.14. The Bertz CT molecular complexity index is 896. The normalized spacial score (nSPS) is 11.0. The Kier molecular flexibility index (Phi) is 7.93. The minimum absolute atomic E-state index is 0.0433. The third kappa shape index (κ3) is 6.84. The van der Waals surface area contributed by atoms with Gasteiger partial charge < -0.3 is 19.5 Å². The molecule has 1 amide bonds. The van der Waals surface area contributed by atoms with Gasteiger partial charge in [-0.05, 0) is 42.3 Å². The Morgan fingerprint density at radius 3 is 2.23 bits per heavy atom. The molecule has 0 atom stereocenters. The van der Waals surface area contributed by atoms with E-state index in [9.17, 15) is 22.8 Å². The van der Waals surface area contributed by atoms with Crippen LogP contribution < -0.4 is 14.8 Å². The first-order valence-electron chi connectivity index (χ1n) is 8.66. The van der Waals surface area contributed by atoms with E-state index in [1.807, 2.05) is 0 Å². The maximum Gasteiger partial charge on any atom is 0.418 e. The van der Waals surface area contributed by atoms with Crippen LogP contribution in [0.15, 0.2) is 36.4 Å². The highest BCUT2D eigenvalue weighted by Gasteiger charge is 2.34. The number of benzene rings is 2. The molecule has 2 aromatic carbocycles. The van der Waals surface area contributed by atoms with Crippen LogP contribution in [-0.2, 0) is 26.9 Å². The summed E-state index contributed by atoms with van der Waals surface area (Å²) >= 11 is 5.59. The van der Waals surface area contributed by atoms with E-state index in [0.717, 1.165) is 11.6 Å². The summed E-state index contributed by atoms with van der Waals surface area (Å²) in [5.74, 6) is -0.473. The maximum absolute atomic E-state index is 13.0. The number of methoxy groups -OCH3 is 2. The van der Waals surface area contributed by atoms with Crippen molar-refractivity contribution in [2.24, 2.45) is 0 Å². The molecule has 0 bridgehead atoms. The first-order valence-corrected chi connectivity index (χ1v) is 9.04. The van der Waals surface area contributed by atoms with Gasteiger partial charge in [-0.2, -0.15) is 13.2 Å². The molecule has 0 radical (unpaired) electrons. The fourth-order valence-electron chi connectivity index (χ4n) is 2.52. The van der Waals surface area contributed by atoms with Crippen LogP contribution in [0.2, 0.25) is 5.02 Å². The average molecular weight is 446 g/mol. The van der Waals surface area contributed by atoms with Crippen LogP contribution in [0.3, 0.4) is 0 Å². The van der Waals surface area contributed by atoms with Crippen molar-refractivity contribution in [3.63, 3.8) is 0 Å². The highest BCUT2D eigenvalue weighted by molar-refractivity contribution is 6.30. The second kappa shape index (κ2) is 10.2. The van der Waals surface area contributed by atoms with E-state index in [1.54, 1.807) is 18.2 Å². The molecule has 30 heavy (non-hydrogen) atoms. The van der Waals surface area contributed by atoms with E-state index in [-0.39, 0.29) is 11.4 Å². The van der Waals surface area contributed by atoms with Crippen molar-refractivity contribution in [1.29, 1.82) is 0 Å². The van der Waals surface area contributed by atoms with Gasteiger partial charge in [-0.25, -0.2) is 0 Å². The molecule has 0 aliphatic heterocycles. The predicted octanol–water partition coefficient (Wildman–Crippen LogP) is 4.49. The molecule has 0 fully saturated rings. The molecule has 2 rings (SSSR count). The SMILES string of the molecule is COc1cc(CCC(=O)OCC(=O)Nc2ccc(Cl)cc2C(F)(F)F)cc(OC)c1. The topological polar surface area (TPSA) is 73.9 Å². The van der Waals surface area contributed by atoms with Crippen molar-refractivity contribution in [2.75, 3.05) is 26.1 Å². The van der Waals surface area contributed by atoms with Crippen LogP contribution in [0.25, 0.3) is 0 Å². The first kappa shape index (κ1) is 23.3. The van der Waals surface area contributed by atoms with Gasteiger partial charge in [-0.1, -0.05) is 11.6 Å². The molecule has 0 heterocycles. The molecule has 0 saturated carbocycles. The van der Waals surface area contributed by atoms with Gasteiger partial charge in [0.1, 0.15) is 11.5 Å². The Morgan fingerprint density at radius 2 is 1.67 bits per heavy atom. The van der Waals surface area contributed by atoms with E-state index in [2.05, 4.69) is 5.32 Å². The summed E-state index contributed by atoms with van der Waals surface area (Å²) in [5, 5.41) is 1.95. The van der Waals surface area contributed by atoms with Gasteiger partial charge in [0.2, 0.25) is 0 Å². The van der Waals surface area contributed by atoms with E-state index < -0.39 is 35.9 Å². The standard InChI is InChI=1S/C20H19ClF3NO5/c1-28-14-7-12(8-15(10-14)29-2)3-6-19(27)30-11-18(26)25-17-5-4-13(21)9-16(17)20(22,23)24/h4-5,7-10H,3,6,11H2,1-2H3,(H,25,26). The molecule has 162 valence electrons. The van der Waals surface area contributed by atoms with E-state index in [1.165, 1.54) is 20.3 Å². The average Bonchev–Trinajstić information content (AvgIpc) is 2.70. The molecule has 6 nitrogen and oxygen atoms in total. The van der Waals surface area contributed by atoms with Crippen molar-refractivity contribution in [3.05, 3.63) is 52.5 Å². The number of esters is 1. The number of ether oxygens (including phenoxy) is 3. The van der Waals surface area contributed by atoms with Crippen LogP contribution >= 0.6 is 11.6 Å². The molecule has 0 aliphatic carbocycles. The Hall–Kier alpha value is -2.94. The summed E-state index contributed by atoms with van der Waals surface area (Å²) in [7, 11) is 2.99. The van der Waals surface area contributed by atoms with Crippen LogP contribution in [0.5, 0.6) is 11.5 Å². The molecule has 0 aliphatic rings. The second-order valence-electron chi connectivity index (χ2n) is 6.12. The molecule has 0 saturated heterocycles. The lowest BCUT2D eigenvalue weighted by Crippen LogP contribution is -2.22. The molecular weight excluding hydrogens is 427 g/mol. The number of rotatable bonds is 8. The molecule has 0 spiro atoms. The van der Waals surface area contributed by atoms with Gasteiger partial charge in [-0.15, -0.1) is 0 Å². The zero-order valence-corrected chi connectivity index (χ0v) is 16.9. The quantitative estimate of drug-likeness (QED) is 0.606. The van der Waals surface area contributed by atoms with Crippen LogP contribution in [-0.4, -0.2) is 32.7 Å². The smallest absolute Gasteiger partial charge is 0.418 e. The number of halogens is 4. The Labute approximate surface area is 175 Å². The monoisotopic (exact) mass is 445 g/mol. The molecule has 2 aromatic rings. The third-order valence-electron chi connectivity index (χ3n) is 3.95. The summed E-state index contributed by atoms with van der Waals surface area (Å²) in [6, 6.07) is 8.06. The fourth-order valence-corrected chi connectivity index (χ4v) is 2.69. The Balaban J connectivity index is 1.89. The number of alkyl halides is 3. The lowest BCUT2D eigenvalue weighted by atomic mass is 10.1. The first-order chi connectivity index (χ1) is 14.1. The van der Waals surface area contributed by atoms with Crippen LogP contribution in [0.4, 0.5) is 18.9 Å². The number of hydrogen-bond donors (Lipinski definition) is 1. The van der Waals surface area contributed by atoms with Gasteiger partial charge >= 0.3 is 12.1 Å². The highest BCUT2D eigenvalue weighted by atomic mass is 35.5. The van der Waals surface area contributed by atoms with Crippen LogP contribution in [0, 0.1) is 0 Å². The summed E-state index contributed by atoms with van der Waals surface area (Å²) in [6.45, 7) is -0.722. The number of anilines is 1. The van der Waals surface area contributed by atoms with Crippen molar-refractivity contribution in [1.82, 2.24) is 0 Å². The summed E-state index contributed by atoms with van der Waals surface area (Å²) in [6.07, 6.45) is -4.45. The molecule has 0 unspecified atom stereocenters. The Morgan fingerprint density at radius 1 is 1.03 bits per heavy atom. The summed E-state index contributed by atoms with van der Waals surface area (Å²) < 4.78 is 54.3. The molecular formula is C20H19ClF3NO5. The zero-order valence-electron chi connectivity index (χ0n) is 16.1. The van der Waals surface area contributed by atoms with Crippen molar-refractivity contribution in [2.45, 2.75) is 19.0 Å². The number of carbonyl (C=O) groups is 2. The van der Waals surface area contributed by atoms with Gasteiger partial charge in [0.05, 0.1) is 25.5 Å². The molecule has 0 aromatic heterocycles. The zero-order chi connectivity index (χ0) is 22.3. The predicted molar refractivity (Wildman–Crippen MR) is 104 cm³/mol. The molecule has 1 N–H and O–H groups in total. The summed E-state index contributed by atoms with van der Waals surface area (Å²) in [4.78, 5) is 23.8. The van der Waals surface area contributed by atoms with E-state index in [0.29, 0.717) is 24.0 Å². The third-order valence-corrected chi connectivity index (χ3v) is 4.19. The van der Waals surface area contributed by atoms with Crippen molar-refractivity contribution >= 4 is 29.2 Å². The lowest BCUT2D eigenvalue weighted by molar-refractivity contribution is -0.147. The fraction of sp³-hybridized carbons (Fsp3) is 0.300. The highest BCUT2D eigenvalue weighted by Crippen LogP contribution is 2.36. The minimum atomic E-state index is -4.71. The second-order valence-corrected chi connectivity index (χ2v) is 6.55. The number of aryl methyl sites for hydroxylation is 1. The van der Waals surface area contributed by atoms with Gasteiger partial charge in [0.15, 0.2) is 6.61 Å². The van der Waals surface area contributed by atoms with Gasteiger partial charge in [-0.3, -0.25) is 9.59 Å². The number of nitrogens with one attached hydrogen (secondary N) is 1. The van der Waals surface area contributed by atoms with Crippen LogP contribution in [0.1, 0.15) is 17.5 Å². The van der Waals surface area contributed by atoms with E-state index >= 15 is 0 Å². The van der Waals surface area contributed by atoms with Crippen molar-refractivity contribution in [3.8, 4) is 11.5 Å². The number of hydrogen-bond acceptors (Lipinski definition) is 5. The number of carbonyl (C=O) groups excluding carboxylic acids is 2. The maximum atomic E-state index is 13.0. The number of amides is 1. The minimum Gasteiger partial charge on any atom is -0.497 e.